The van der Waals surface area contributed by atoms with Gasteiger partial charge in [-0.1, -0.05) is 6.07 Å². The van der Waals surface area contributed by atoms with Crippen LogP contribution in [-0.4, -0.2) is 34.1 Å². The van der Waals surface area contributed by atoms with Crippen LogP contribution in [0.5, 0.6) is 17.2 Å². The number of fused-ring (bicyclic) bond motifs is 3. The van der Waals surface area contributed by atoms with E-state index in [4.69, 9.17) is 15.2 Å². The first-order valence-electron chi connectivity index (χ1n) is 8.20. The molecule has 0 fully saturated rings. The molecule has 27 heavy (non-hydrogen) atoms. The third kappa shape index (κ3) is 2.45. The van der Waals surface area contributed by atoms with Gasteiger partial charge in [0, 0.05) is 17.5 Å². The van der Waals surface area contributed by atoms with Gasteiger partial charge in [-0.2, -0.15) is 5.10 Å². The number of nitrogens with two attached hydrogens (primary N) is 1. The largest absolute Gasteiger partial charge is 0.508 e. The van der Waals surface area contributed by atoms with E-state index in [-0.39, 0.29) is 22.5 Å². The first kappa shape index (κ1) is 16.8. The number of phenolic OH excluding ortho intramolecular Hbond substituents is 1. The van der Waals surface area contributed by atoms with E-state index in [0.29, 0.717) is 33.6 Å². The van der Waals surface area contributed by atoms with Crippen LogP contribution in [0.2, 0.25) is 0 Å². The van der Waals surface area contributed by atoms with Gasteiger partial charge in [0.05, 0.1) is 25.4 Å². The van der Waals surface area contributed by atoms with E-state index in [1.54, 1.807) is 30.3 Å². The molecule has 8 heteroatoms. The number of hydrogen-bond donors (Lipinski definition) is 3. The highest BCUT2D eigenvalue weighted by Gasteiger charge is 2.19. The maximum absolute atomic E-state index is 12.7. The number of hydrogen-bond acceptors (Lipinski definition) is 6. The lowest BCUT2D eigenvalue weighted by atomic mass is 10.1. The van der Waals surface area contributed by atoms with E-state index in [9.17, 15) is 9.90 Å². The molecule has 4 N–H and O–H groups in total. The molecule has 0 amide bonds. The average Bonchev–Trinajstić information content (AvgIpc) is 3.00. The van der Waals surface area contributed by atoms with E-state index in [1.807, 2.05) is 6.92 Å². The second-order valence-electron chi connectivity index (χ2n) is 6.20. The fourth-order valence-electron chi connectivity index (χ4n) is 3.22. The number of rotatable bonds is 3. The molecule has 0 aliphatic carbocycles. The Morgan fingerprint density at radius 1 is 1.15 bits per heavy atom. The summed E-state index contributed by atoms with van der Waals surface area (Å²) in [4.78, 5) is 15.5. The molecule has 0 saturated carbocycles. The number of aromatic amines is 1. The number of pyridine rings is 1. The number of anilines is 1. The van der Waals surface area contributed by atoms with Gasteiger partial charge >= 0.3 is 0 Å². The second kappa shape index (κ2) is 5.94. The minimum Gasteiger partial charge on any atom is -0.508 e. The molecule has 0 radical (unpaired) electrons. The molecule has 8 nitrogen and oxygen atoms in total. The first-order valence-corrected chi connectivity index (χ1v) is 8.20. The molecule has 2 heterocycles. The SMILES string of the molecule is COc1cc2[nH]c(=O)c3c(N)n(-c4cc(O)ccc4C)nc3c2cc1OC. The number of aromatic nitrogens is 3. The number of aryl methyl sites for hydroxylation is 1. The monoisotopic (exact) mass is 366 g/mol. The van der Waals surface area contributed by atoms with Crippen LogP contribution in [0, 0.1) is 6.92 Å². The first-order chi connectivity index (χ1) is 12.9. The summed E-state index contributed by atoms with van der Waals surface area (Å²) in [6.07, 6.45) is 0. The summed E-state index contributed by atoms with van der Waals surface area (Å²) in [6.45, 7) is 1.87. The summed E-state index contributed by atoms with van der Waals surface area (Å²) in [6, 6.07) is 8.32. The van der Waals surface area contributed by atoms with Crippen molar-refractivity contribution in [2.24, 2.45) is 0 Å². The highest BCUT2D eigenvalue weighted by Crippen LogP contribution is 2.35. The number of H-pyrrole nitrogens is 1. The van der Waals surface area contributed by atoms with E-state index in [0.717, 1.165) is 5.56 Å². The van der Waals surface area contributed by atoms with Crippen molar-refractivity contribution in [1.29, 1.82) is 0 Å². The van der Waals surface area contributed by atoms with E-state index in [2.05, 4.69) is 10.1 Å². The highest BCUT2D eigenvalue weighted by molar-refractivity contribution is 6.07. The number of phenols is 1. The molecule has 4 aromatic rings. The minimum atomic E-state index is -0.355. The summed E-state index contributed by atoms with van der Waals surface area (Å²) in [5, 5.41) is 15.4. The summed E-state index contributed by atoms with van der Waals surface area (Å²) >= 11 is 0. The normalized spacial score (nSPS) is 11.2. The molecule has 0 unspecified atom stereocenters. The second-order valence-corrected chi connectivity index (χ2v) is 6.20. The van der Waals surface area contributed by atoms with Crippen molar-refractivity contribution in [2.45, 2.75) is 6.92 Å². The van der Waals surface area contributed by atoms with Gasteiger partial charge in [0.1, 0.15) is 22.5 Å². The van der Waals surface area contributed by atoms with Crippen molar-refractivity contribution < 1.29 is 14.6 Å². The van der Waals surface area contributed by atoms with Crippen LogP contribution in [0.4, 0.5) is 5.82 Å². The van der Waals surface area contributed by atoms with Crippen LogP contribution >= 0.6 is 0 Å². The summed E-state index contributed by atoms with van der Waals surface area (Å²) in [5.41, 5.74) is 8.34. The molecule has 0 atom stereocenters. The molecular weight excluding hydrogens is 348 g/mol. The van der Waals surface area contributed by atoms with Crippen LogP contribution in [0.25, 0.3) is 27.5 Å². The summed E-state index contributed by atoms with van der Waals surface area (Å²) in [7, 11) is 3.06. The molecule has 0 bridgehead atoms. The summed E-state index contributed by atoms with van der Waals surface area (Å²) < 4.78 is 12.1. The minimum absolute atomic E-state index is 0.0831. The van der Waals surface area contributed by atoms with Crippen LogP contribution in [0.15, 0.2) is 35.1 Å². The number of benzene rings is 2. The lowest BCUT2D eigenvalue weighted by Gasteiger charge is -2.09. The number of nitrogen functional groups attached to an aromatic ring is 1. The van der Waals surface area contributed by atoms with Crippen molar-refractivity contribution >= 4 is 27.6 Å². The predicted octanol–water partition coefficient (Wildman–Crippen LogP) is 2.48. The third-order valence-corrected chi connectivity index (χ3v) is 4.60. The quantitative estimate of drug-likeness (QED) is 0.513. The smallest absolute Gasteiger partial charge is 0.261 e. The lowest BCUT2D eigenvalue weighted by Crippen LogP contribution is -2.09. The van der Waals surface area contributed by atoms with Gasteiger partial charge in [-0.15, -0.1) is 0 Å². The Morgan fingerprint density at radius 3 is 2.56 bits per heavy atom. The van der Waals surface area contributed by atoms with Crippen molar-refractivity contribution in [3.8, 4) is 22.9 Å². The number of ether oxygens (including phenoxy) is 2. The highest BCUT2D eigenvalue weighted by atomic mass is 16.5. The molecule has 0 aliphatic rings. The Morgan fingerprint density at radius 2 is 1.85 bits per heavy atom. The van der Waals surface area contributed by atoms with E-state index >= 15 is 0 Å². The van der Waals surface area contributed by atoms with Crippen molar-refractivity contribution in [1.82, 2.24) is 14.8 Å². The third-order valence-electron chi connectivity index (χ3n) is 4.60. The Bertz CT molecular complexity index is 1260. The van der Waals surface area contributed by atoms with Crippen LogP contribution in [0.3, 0.4) is 0 Å². The van der Waals surface area contributed by atoms with Crippen LogP contribution in [-0.2, 0) is 0 Å². The zero-order chi connectivity index (χ0) is 19.3. The molecule has 0 spiro atoms. The lowest BCUT2D eigenvalue weighted by molar-refractivity contribution is 0.356. The van der Waals surface area contributed by atoms with Crippen LogP contribution < -0.4 is 20.8 Å². The fraction of sp³-hybridized carbons (Fsp3) is 0.158. The maximum Gasteiger partial charge on any atom is 0.261 e. The Kier molecular flexibility index (Phi) is 3.69. The number of nitrogens with zero attached hydrogens (tertiary/aromatic N) is 2. The van der Waals surface area contributed by atoms with Gasteiger partial charge in [-0.05, 0) is 24.6 Å². The van der Waals surface area contributed by atoms with Gasteiger partial charge in [0.15, 0.2) is 11.5 Å². The van der Waals surface area contributed by atoms with Gasteiger partial charge in [-0.3, -0.25) is 4.79 Å². The number of methoxy groups -OCH3 is 2. The van der Waals surface area contributed by atoms with E-state index < -0.39 is 0 Å². The average molecular weight is 366 g/mol. The fourth-order valence-corrected chi connectivity index (χ4v) is 3.22. The van der Waals surface area contributed by atoms with Gasteiger partial charge < -0.3 is 25.3 Å². The zero-order valence-corrected chi connectivity index (χ0v) is 15.0. The van der Waals surface area contributed by atoms with Crippen molar-refractivity contribution in [3.63, 3.8) is 0 Å². The Labute approximate surface area is 153 Å². The summed E-state index contributed by atoms with van der Waals surface area (Å²) in [5.74, 6) is 1.28. The molecule has 0 saturated heterocycles. The number of nitrogens with one attached hydrogen (secondary N) is 1. The molecule has 138 valence electrons. The van der Waals surface area contributed by atoms with Crippen molar-refractivity contribution in [3.05, 3.63) is 46.2 Å². The predicted molar refractivity (Wildman–Crippen MR) is 103 cm³/mol. The van der Waals surface area contributed by atoms with Gasteiger partial charge in [0.25, 0.3) is 5.56 Å². The van der Waals surface area contributed by atoms with Crippen LogP contribution in [0.1, 0.15) is 5.56 Å². The van der Waals surface area contributed by atoms with Gasteiger partial charge in [-0.25, -0.2) is 4.68 Å². The Hall–Kier alpha value is -3.68. The van der Waals surface area contributed by atoms with Gasteiger partial charge in [0.2, 0.25) is 0 Å². The van der Waals surface area contributed by atoms with E-state index in [1.165, 1.54) is 18.9 Å². The standard InChI is InChI=1S/C19H18N4O4/c1-9-4-5-10(24)6-13(9)23-18(20)16-17(22-23)11-7-14(26-2)15(27-3)8-12(11)21-19(16)25/h4-8,24H,20H2,1-3H3,(H,21,25). The Balaban J connectivity index is 2.12. The zero-order valence-electron chi connectivity index (χ0n) is 15.0. The molecule has 0 aliphatic heterocycles. The topological polar surface area (TPSA) is 115 Å². The number of aromatic hydroxyl groups is 1. The molecule has 2 aromatic carbocycles. The van der Waals surface area contributed by atoms with Crippen molar-refractivity contribution in [2.75, 3.05) is 20.0 Å². The molecule has 2 aromatic heterocycles. The molecular formula is C19H18N4O4. The molecule has 4 rings (SSSR count). The maximum atomic E-state index is 12.7.